The first-order chi connectivity index (χ1) is 3.43. The van der Waals surface area contributed by atoms with Gasteiger partial charge in [0.2, 0.25) is 0 Å². The van der Waals surface area contributed by atoms with Crippen LogP contribution in [0.4, 0.5) is 0 Å². The van der Waals surface area contributed by atoms with E-state index in [4.69, 9.17) is 5.26 Å². The molecular formula is C6H5N. The van der Waals surface area contributed by atoms with E-state index in [1.54, 1.807) is 0 Å². The summed E-state index contributed by atoms with van der Waals surface area (Å²) in [4.78, 5) is 0. The van der Waals surface area contributed by atoms with Crippen molar-refractivity contribution >= 4 is 0 Å². The summed E-state index contributed by atoms with van der Waals surface area (Å²) in [6.07, 6.45) is 6.54. The van der Waals surface area contributed by atoms with E-state index < -0.39 is 0 Å². The Labute approximate surface area is 42.6 Å². The zero-order valence-electron chi connectivity index (χ0n) is 3.89. The number of hydrogen-bond donors (Lipinski definition) is 0. The average Bonchev–Trinajstić information content (AvgIpc) is 2.14. The van der Waals surface area contributed by atoms with Crippen LogP contribution in [0.1, 0.15) is 6.42 Å². The molecule has 1 heteroatoms. The Hall–Kier alpha value is -1.03. The summed E-state index contributed by atoms with van der Waals surface area (Å²) in [6, 6.07) is 2.06. The second kappa shape index (κ2) is 1.61. The highest BCUT2D eigenvalue weighted by Gasteiger charge is 1.92. The quantitative estimate of drug-likeness (QED) is 0.414. The highest BCUT2D eigenvalue weighted by molar-refractivity contribution is 5.33. The summed E-state index contributed by atoms with van der Waals surface area (Å²) in [7, 11) is 0. The van der Waals surface area contributed by atoms with E-state index in [9.17, 15) is 0 Å². The molecule has 0 fully saturated rings. The maximum atomic E-state index is 8.21. The molecule has 0 aromatic rings. The van der Waals surface area contributed by atoms with Gasteiger partial charge in [0.15, 0.2) is 0 Å². The van der Waals surface area contributed by atoms with Crippen LogP contribution in [0, 0.1) is 11.3 Å². The zero-order chi connectivity index (χ0) is 5.11. The van der Waals surface area contributed by atoms with Gasteiger partial charge >= 0.3 is 0 Å². The van der Waals surface area contributed by atoms with Gasteiger partial charge in [-0.25, -0.2) is 0 Å². The summed E-state index contributed by atoms with van der Waals surface area (Å²) in [5.41, 5.74) is 0.861. The third kappa shape index (κ3) is 0.690. The van der Waals surface area contributed by atoms with Gasteiger partial charge in [-0.05, 0) is 6.08 Å². The summed E-state index contributed by atoms with van der Waals surface area (Å²) < 4.78 is 0. The third-order valence-corrected chi connectivity index (χ3v) is 0.915. The fourth-order valence-electron chi connectivity index (χ4n) is 0.530. The minimum atomic E-state index is 0.830. The van der Waals surface area contributed by atoms with E-state index in [1.165, 1.54) is 0 Å². The first-order valence-corrected chi connectivity index (χ1v) is 2.19. The number of nitriles is 1. The Kier molecular flexibility index (Phi) is 0.953. The minimum absolute atomic E-state index is 0.830. The van der Waals surface area contributed by atoms with Crippen molar-refractivity contribution < 1.29 is 0 Å². The highest BCUT2D eigenvalue weighted by Crippen LogP contribution is 2.06. The van der Waals surface area contributed by atoms with Crippen LogP contribution in [0.25, 0.3) is 0 Å². The lowest BCUT2D eigenvalue weighted by atomic mass is 10.5. The molecule has 0 spiro atoms. The average molecular weight is 92.1 g/mol. The van der Waals surface area contributed by atoms with Crippen LogP contribution >= 0.6 is 0 Å². The van der Waals surface area contributed by atoms with Crippen LogP contribution in [-0.2, 0) is 0 Å². The molecule has 1 nitrogen and oxygen atoms in total. The molecule has 0 aromatic carbocycles. The molecule has 0 radical (unpaired) electrons. The number of rotatable bonds is 0. The number of hydrogen-bond acceptors (Lipinski definition) is 1. The predicted octanol–water partition coefficient (Wildman–Crippen LogP) is 1.40. The van der Waals surface area contributed by atoms with Crippen LogP contribution in [-0.4, -0.2) is 0 Å². The first kappa shape index (κ1) is 4.14. The molecular weight excluding hydrogens is 87.1 g/mol. The maximum absolute atomic E-state index is 8.21. The van der Waals surface area contributed by atoms with E-state index in [-0.39, 0.29) is 0 Å². The summed E-state index contributed by atoms with van der Waals surface area (Å²) in [6.45, 7) is 0. The van der Waals surface area contributed by atoms with Crippen LogP contribution in [0.2, 0.25) is 0 Å². The van der Waals surface area contributed by atoms with Gasteiger partial charge in [-0.3, -0.25) is 0 Å². The molecule has 0 aromatic heterocycles. The van der Waals surface area contributed by atoms with Gasteiger partial charge in [-0.1, -0.05) is 12.2 Å². The summed E-state index contributed by atoms with van der Waals surface area (Å²) in [5.74, 6) is 0. The Morgan fingerprint density at radius 2 is 2.57 bits per heavy atom. The number of allylic oxidation sites excluding steroid dienone is 4. The molecule has 0 unspecified atom stereocenters. The van der Waals surface area contributed by atoms with Gasteiger partial charge < -0.3 is 0 Å². The second-order valence-electron chi connectivity index (χ2n) is 1.44. The SMILES string of the molecule is N#C[13C]1=CC=CC1. The summed E-state index contributed by atoms with van der Waals surface area (Å²) in [5, 5.41) is 8.21. The van der Waals surface area contributed by atoms with Gasteiger partial charge in [0.1, 0.15) is 0 Å². The molecule has 0 saturated carbocycles. The molecule has 1 aliphatic carbocycles. The smallest absolute Gasteiger partial charge is 0.0950 e. The van der Waals surface area contributed by atoms with Crippen LogP contribution < -0.4 is 0 Å². The third-order valence-electron chi connectivity index (χ3n) is 0.915. The van der Waals surface area contributed by atoms with Crippen molar-refractivity contribution in [2.24, 2.45) is 0 Å². The normalized spacial score (nSPS) is 16.1. The van der Waals surface area contributed by atoms with Crippen molar-refractivity contribution in [2.75, 3.05) is 0 Å². The molecule has 7 heavy (non-hydrogen) atoms. The molecule has 0 amide bonds. The predicted molar refractivity (Wildman–Crippen MR) is 27.5 cm³/mol. The van der Waals surface area contributed by atoms with Crippen LogP contribution in [0.5, 0.6) is 0 Å². The number of nitrogens with zero attached hydrogens (tertiary/aromatic N) is 1. The molecule has 1 aliphatic rings. The summed E-state index contributed by atoms with van der Waals surface area (Å²) >= 11 is 0. The van der Waals surface area contributed by atoms with Crippen molar-refractivity contribution in [1.29, 1.82) is 5.26 Å². The molecule has 34 valence electrons. The largest absolute Gasteiger partial charge is 0.193 e. The minimum Gasteiger partial charge on any atom is -0.193 e. The molecule has 0 bridgehead atoms. The van der Waals surface area contributed by atoms with Gasteiger partial charge in [0.25, 0.3) is 0 Å². The van der Waals surface area contributed by atoms with Gasteiger partial charge in [0.05, 0.1) is 6.07 Å². The van der Waals surface area contributed by atoms with Gasteiger partial charge in [0, 0.05) is 12.0 Å². The van der Waals surface area contributed by atoms with Crippen LogP contribution in [0.15, 0.2) is 23.8 Å². The van der Waals surface area contributed by atoms with Crippen molar-refractivity contribution in [3.63, 3.8) is 0 Å². The molecule has 0 heterocycles. The fourth-order valence-corrected chi connectivity index (χ4v) is 0.530. The lowest BCUT2D eigenvalue weighted by molar-refractivity contribution is 1.32. The Balaban J connectivity index is 2.67. The zero-order valence-corrected chi connectivity index (χ0v) is 3.89. The molecule has 0 N–H and O–H groups in total. The fraction of sp³-hybridized carbons (Fsp3) is 0.167. The van der Waals surface area contributed by atoms with E-state index in [0.29, 0.717) is 0 Å². The second-order valence-corrected chi connectivity index (χ2v) is 1.44. The first-order valence-electron chi connectivity index (χ1n) is 2.19. The van der Waals surface area contributed by atoms with Gasteiger partial charge in [-0.15, -0.1) is 0 Å². The Morgan fingerprint density at radius 1 is 1.71 bits per heavy atom. The van der Waals surface area contributed by atoms with Crippen molar-refractivity contribution in [3.8, 4) is 6.07 Å². The topological polar surface area (TPSA) is 23.8 Å². The Bertz CT molecular complexity index is 158. The maximum Gasteiger partial charge on any atom is 0.0950 e. The molecule has 0 saturated heterocycles. The van der Waals surface area contributed by atoms with Crippen LogP contribution in [0.3, 0.4) is 0 Å². The molecule has 0 aliphatic heterocycles. The lowest BCUT2D eigenvalue weighted by Gasteiger charge is -1.75. The molecule has 0 atom stereocenters. The Morgan fingerprint density at radius 3 is 2.86 bits per heavy atom. The van der Waals surface area contributed by atoms with E-state index >= 15 is 0 Å². The van der Waals surface area contributed by atoms with Crippen molar-refractivity contribution in [1.82, 2.24) is 0 Å². The monoisotopic (exact) mass is 92.0 g/mol. The van der Waals surface area contributed by atoms with Gasteiger partial charge in [-0.2, -0.15) is 5.26 Å². The highest BCUT2D eigenvalue weighted by atomic mass is 14.4. The standard InChI is InChI=1S/C6H5N/c7-5-6-3-1-2-4-6/h1-3H,4H2/i6+1. The van der Waals surface area contributed by atoms with E-state index in [0.717, 1.165) is 12.0 Å². The van der Waals surface area contributed by atoms with Crippen molar-refractivity contribution in [3.05, 3.63) is 23.8 Å². The van der Waals surface area contributed by atoms with E-state index in [2.05, 4.69) is 6.07 Å². The lowest BCUT2D eigenvalue weighted by Crippen LogP contribution is -1.64. The van der Waals surface area contributed by atoms with E-state index in [1.807, 2.05) is 18.2 Å². The van der Waals surface area contributed by atoms with Crippen molar-refractivity contribution in [2.45, 2.75) is 6.42 Å². The molecule has 1 rings (SSSR count).